The molecule has 0 radical (unpaired) electrons. The Kier molecular flexibility index (Phi) is 0.943. The molecule has 0 spiro atoms. The topological polar surface area (TPSA) is 51.8 Å². The van der Waals surface area contributed by atoms with Crippen molar-refractivity contribution < 1.29 is 4.52 Å². The maximum Gasteiger partial charge on any atom is 0.188 e. The minimum absolute atomic E-state index is 0.642. The van der Waals surface area contributed by atoms with Crippen LogP contribution in [0.2, 0.25) is 0 Å². The van der Waals surface area contributed by atoms with Gasteiger partial charge in [-0.3, -0.25) is 0 Å². The van der Waals surface area contributed by atoms with Gasteiger partial charge in [0.25, 0.3) is 0 Å². The minimum Gasteiger partial charge on any atom is -0.346 e. The molecule has 10 heavy (non-hydrogen) atoms. The number of hydrogen-bond donors (Lipinski definition) is 0. The van der Waals surface area contributed by atoms with Gasteiger partial charge in [0, 0.05) is 11.5 Å². The van der Waals surface area contributed by atoms with E-state index < -0.39 is 0 Å². The highest BCUT2D eigenvalue weighted by molar-refractivity contribution is 5.58. The van der Waals surface area contributed by atoms with E-state index in [0.29, 0.717) is 5.82 Å². The molecule has 0 saturated carbocycles. The molecule has 0 aliphatic carbocycles. The number of hydrogen-bond acceptors (Lipinski definition) is 4. The van der Waals surface area contributed by atoms with E-state index in [1.807, 2.05) is 6.92 Å². The maximum absolute atomic E-state index is 4.63. The Labute approximate surface area is 57.2 Å². The predicted molar refractivity (Wildman–Crippen MR) is 33.5 cm³/mol. The summed E-state index contributed by atoms with van der Waals surface area (Å²) in [4.78, 5) is 3.98. The van der Waals surface area contributed by atoms with Crippen molar-refractivity contribution in [3.63, 3.8) is 0 Å². The zero-order valence-corrected chi connectivity index (χ0v) is 5.40. The second-order valence-electron chi connectivity index (χ2n) is 2.08. The molecule has 0 saturated heterocycles. The Hall–Kier alpha value is -1.45. The highest BCUT2D eigenvalue weighted by Crippen LogP contribution is 2.19. The van der Waals surface area contributed by atoms with Gasteiger partial charge >= 0.3 is 0 Å². The lowest BCUT2D eigenvalue weighted by atomic mass is 10.2. The number of rotatable bonds is 0. The van der Waals surface area contributed by atoms with Crippen molar-refractivity contribution in [3.8, 4) is 11.4 Å². The zero-order valence-electron chi connectivity index (χ0n) is 5.40. The van der Waals surface area contributed by atoms with Gasteiger partial charge in [-0.15, -0.1) is 0 Å². The lowest BCUT2D eigenvalue weighted by Crippen LogP contribution is -1.85. The monoisotopic (exact) mass is 135 g/mol. The van der Waals surface area contributed by atoms with Crippen LogP contribution in [0.15, 0.2) is 17.0 Å². The molecule has 0 fully saturated rings. The first kappa shape index (κ1) is 5.34. The highest BCUT2D eigenvalue weighted by atomic mass is 16.5. The smallest absolute Gasteiger partial charge is 0.188 e. The third-order valence-electron chi connectivity index (χ3n) is 1.40. The normalized spacial score (nSPS) is 10.5. The van der Waals surface area contributed by atoms with Crippen molar-refractivity contribution in [1.29, 1.82) is 0 Å². The largest absolute Gasteiger partial charge is 0.346 e. The third-order valence-corrected chi connectivity index (χ3v) is 1.40. The molecule has 4 heteroatoms. The van der Waals surface area contributed by atoms with Gasteiger partial charge in [0.15, 0.2) is 5.82 Å². The van der Waals surface area contributed by atoms with Gasteiger partial charge in [-0.05, 0) is 12.5 Å². The standard InChI is InChI=1S/C6H5N3O/c1-4-2-7-6-5(4)3-10-9-8-6/h2-3H,1H3. The molecule has 0 N–H and O–H groups in total. The Morgan fingerprint density at radius 3 is 3.20 bits per heavy atom. The van der Waals surface area contributed by atoms with Crippen LogP contribution < -0.4 is 0 Å². The number of fused-ring (bicyclic) bond motifs is 1. The van der Waals surface area contributed by atoms with E-state index in [1.54, 1.807) is 12.5 Å². The fourth-order valence-electron chi connectivity index (χ4n) is 0.837. The summed E-state index contributed by atoms with van der Waals surface area (Å²) < 4.78 is 4.63. The van der Waals surface area contributed by atoms with E-state index in [1.165, 1.54) is 0 Å². The molecule has 0 amide bonds. The summed E-state index contributed by atoms with van der Waals surface area (Å²) in [5, 5.41) is 7.01. The molecule has 0 aromatic carbocycles. The molecule has 2 aliphatic rings. The lowest BCUT2D eigenvalue weighted by Gasteiger charge is -1.90. The SMILES string of the molecule is Cc1cnc2nnocc1-2. The molecule has 2 heterocycles. The summed E-state index contributed by atoms with van der Waals surface area (Å²) in [6.45, 7) is 1.95. The number of aromatic nitrogens is 3. The van der Waals surface area contributed by atoms with Crippen molar-refractivity contribution in [1.82, 2.24) is 15.4 Å². The zero-order chi connectivity index (χ0) is 6.97. The fraction of sp³-hybridized carbons (Fsp3) is 0.167. The van der Waals surface area contributed by atoms with Crippen LogP contribution in [0.3, 0.4) is 0 Å². The van der Waals surface area contributed by atoms with E-state index in [-0.39, 0.29) is 0 Å². The number of aryl methyl sites for hydroxylation is 1. The van der Waals surface area contributed by atoms with E-state index in [2.05, 4.69) is 19.9 Å². The summed E-state index contributed by atoms with van der Waals surface area (Å²) in [5.74, 6) is 0.642. The van der Waals surface area contributed by atoms with Crippen LogP contribution in [0.25, 0.3) is 11.4 Å². The molecule has 50 valence electrons. The van der Waals surface area contributed by atoms with Crippen molar-refractivity contribution in [2.24, 2.45) is 0 Å². The van der Waals surface area contributed by atoms with Crippen LogP contribution in [-0.2, 0) is 0 Å². The molecule has 0 aromatic heterocycles. The minimum atomic E-state index is 0.642. The Bertz CT molecular complexity index is 317. The maximum atomic E-state index is 4.63. The van der Waals surface area contributed by atoms with Crippen LogP contribution in [0.4, 0.5) is 0 Å². The van der Waals surface area contributed by atoms with Crippen LogP contribution in [0.1, 0.15) is 5.56 Å². The molecular formula is C6H5N3O. The average molecular weight is 135 g/mol. The predicted octanol–water partition coefficient (Wildman–Crippen LogP) is 0.878. The van der Waals surface area contributed by atoms with E-state index in [4.69, 9.17) is 0 Å². The second-order valence-corrected chi connectivity index (χ2v) is 2.08. The summed E-state index contributed by atoms with van der Waals surface area (Å²) in [6.07, 6.45) is 3.29. The molecule has 2 aliphatic heterocycles. The van der Waals surface area contributed by atoms with Crippen molar-refractivity contribution in [3.05, 3.63) is 18.0 Å². The van der Waals surface area contributed by atoms with Crippen LogP contribution >= 0.6 is 0 Å². The van der Waals surface area contributed by atoms with Crippen molar-refractivity contribution in [2.75, 3.05) is 0 Å². The fourth-order valence-corrected chi connectivity index (χ4v) is 0.837. The van der Waals surface area contributed by atoms with Crippen LogP contribution in [0.5, 0.6) is 0 Å². The van der Waals surface area contributed by atoms with Crippen molar-refractivity contribution in [2.45, 2.75) is 6.92 Å². The summed E-state index contributed by atoms with van der Waals surface area (Å²) in [6, 6.07) is 0. The van der Waals surface area contributed by atoms with E-state index in [9.17, 15) is 0 Å². The number of nitrogens with zero attached hydrogens (tertiary/aromatic N) is 3. The molecule has 0 atom stereocenters. The molecule has 4 nitrogen and oxygen atoms in total. The van der Waals surface area contributed by atoms with Crippen LogP contribution in [0, 0.1) is 6.92 Å². The molecule has 0 unspecified atom stereocenters. The molecule has 0 aromatic rings. The third kappa shape index (κ3) is 0.586. The Balaban J connectivity index is 2.78. The van der Waals surface area contributed by atoms with Gasteiger partial charge < -0.3 is 4.52 Å². The first-order valence-electron chi connectivity index (χ1n) is 2.90. The van der Waals surface area contributed by atoms with Gasteiger partial charge in [0.1, 0.15) is 6.26 Å². The molecule has 2 rings (SSSR count). The van der Waals surface area contributed by atoms with Gasteiger partial charge in [-0.25, -0.2) is 4.98 Å². The summed E-state index contributed by atoms with van der Waals surface area (Å²) in [7, 11) is 0. The highest BCUT2D eigenvalue weighted by Gasteiger charge is 2.08. The van der Waals surface area contributed by atoms with Crippen molar-refractivity contribution >= 4 is 0 Å². The Morgan fingerprint density at radius 2 is 2.40 bits per heavy atom. The van der Waals surface area contributed by atoms with E-state index in [0.717, 1.165) is 11.1 Å². The average Bonchev–Trinajstić information content (AvgIpc) is 2.34. The molecular weight excluding hydrogens is 130 g/mol. The quantitative estimate of drug-likeness (QED) is 0.538. The van der Waals surface area contributed by atoms with Crippen LogP contribution in [-0.4, -0.2) is 15.4 Å². The first-order chi connectivity index (χ1) is 4.88. The summed E-state index contributed by atoms with van der Waals surface area (Å²) >= 11 is 0. The van der Waals surface area contributed by atoms with Gasteiger partial charge in [0.2, 0.25) is 0 Å². The molecule has 0 bridgehead atoms. The Morgan fingerprint density at radius 1 is 1.50 bits per heavy atom. The second kappa shape index (κ2) is 1.76. The lowest BCUT2D eigenvalue weighted by molar-refractivity contribution is 0.360. The van der Waals surface area contributed by atoms with Gasteiger partial charge in [-0.1, -0.05) is 5.10 Å². The van der Waals surface area contributed by atoms with Gasteiger partial charge in [0.05, 0.1) is 5.56 Å². The van der Waals surface area contributed by atoms with Gasteiger partial charge in [-0.2, -0.15) is 0 Å². The summed E-state index contributed by atoms with van der Waals surface area (Å²) in [5.41, 5.74) is 1.99. The van der Waals surface area contributed by atoms with E-state index >= 15 is 0 Å². The first-order valence-corrected chi connectivity index (χ1v) is 2.90.